The van der Waals surface area contributed by atoms with Gasteiger partial charge in [-0.1, -0.05) is 23.5 Å². The van der Waals surface area contributed by atoms with Crippen molar-refractivity contribution in [2.24, 2.45) is 0 Å². The predicted molar refractivity (Wildman–Crippen MR) is 133 cm³/mol. The Labute approximate surface area is 206 Å². The number of hydrogen-bond acceptors (Lipinski definition) is 9. The zero-order chi connectivity index (χ0) is 24.0. The fourth-order valence-electron chi connectivity index (χ4n) is 3.13. The third-order valence-corrected chi connectivity index (χ3v) is 6.49. The highest BCUT2D eigenvalue weighted by atomic mass is 32.2. The summed E-state index contributed by atoms with van der Waals surface area (Å²) < 4.78 is 0. The Hall–Kier alpha value is -4.17. The van der Waals surface area contributed by atoms with Gasteiger partial charge in [-0.2, -0.15) is 20.6 Å². The van der Waals surface area contributed by atoms with E-state index in [1.807, 2.05) is 36.4 Å². The summed E-state index contributed by atoms with van der Waals surface area (Å²) >= 11 is 2.59. The fourth-order valence-corrected chi connectivity index (χ4v) is 4.30. The number of carbonyl (C=O) groups excluding carboxylic acids is 2. The molecular weight excluding hydrogens is 488 g/mol. The van der Waals surface area contributed by atoms with Crippen LogP contribution in [0.3, 0.4) is 0 Å². The fraction of sp³-hybridized carbons (Fsp3) is 0.0952. The molecule has 35 heavy (non-hydrogen) atoms. The molecule has 5 aromatic rings. The summed E-state index contributed by atoms with van der Waals surface area (Å²) in [6, 6.07) is 12.9. The zero-order valence-electron chi connectivity index (χ0n) is 18.0. The number of aromatic nitrogens is 8. The number of carbonyl (C=O) groups is 2. The van der Waals surface area contributed by atoms with Gasteiger partial charge in [-0.25, -0.2) is 4.98 Å². The molecule has 0 bridgehead atoms. The second kappa shape index (κ2) is 10.4. The monoisotopic (exact) mass is 506 g/mol. The molecule has 0 aliphatic carbocycles. The Morgan fingerprint density at radius 3 is 2.00 bits per heavy atom. The van der Waals surface area contributed by atoms with Crippen LogP contribution in [0.15, 0.2) is 64.9 Å². The van der Waals surface area contributed by atoms with E-state index in [2.05, 4.69) is 51.4 Å². The largest absolute Gasteiger partial charge is 0.338 e. The number of amides is 2. The van der Waals surface area contributed by atoms with Crippen LogP contribution in [0.2, 0.25) is 0 Å². The molecule has 0 aliphatic rings. The summed E-state index contributed by atoms with van der Waals surface area (Å²) in [6.07, 6.45) is 3.13. The van der Waals surface area contributed by atoms with E-state index in [4.69, 9.17) is 0 Å². The van der Waals surface area contributed by atoms with Crippen molar-refractivity contribution in [3.05, 3.63) is 54.9 Å². The van der Waals surface area contributed by atoms with Crippen LogP contribution >= 0.6 is 23.5 Å². The summed E-state index contributed by atoms with van der Waals surface area (Å²) in [6.45, 7) is 0. The summed E-state index contributed by atoms with van der Waals surface area (Å²) in [5.41, 5.74) is 3.79. The van der Waals surface area contributed by atoms with Crippen molar-refractivity contribution in [1.82, 2.24) is 40.8 Å². The molecule has 0 saturated heterocycles. The maximum absolute atomic E-state index is 12.2. The quantitative estimate of drug-likeness (QED) is 0.189. The number of nitrogens with zero attached hydrogens (tertiary/aromatic N) is 5. The van der Waals surface area contributed by atoms with Gasteiger partial charge >= 0.3 is 0 Å². The molecule has 0 radical (unpaired) electrons. The van der Waals surface area contributed by atoms with E-state index in [-0.39, 0.29) is 23.3 Å². The molecule has 2 amide bonds. The first-order valence-corrected chi connectivity index (χ1v) is 12.3. The van der Waals surface area contributed by atoms with Crippen LogP contribution in [0.25, 0.3) is 22.4 Å². The molecule has 3 aromatic heterocycles. The SMILES string of the molecule is O=C(CSc1cn[nH]n1)Nc1ccc(-c2nc3ccc(NC(=O)CSc4cn[nH]n4)cc3[nH]2)cc1. The molecule has 176 valence electrons. The van der Waals surface area contributed by atoms with Crippen molar-refractivity contribution in [2.45, 2.75) is 10.1 Å². The van der Waals surface area contributed by atoms with Crippen LogP contribution in [-0.2, 0) is 9.59 Å². The highest BCUT2D eigenvalue weighted by molar-refractivity contribution is 8.00. The molecular formula is C21H18N10O2S2. The van der Waals surface area contributed by atoms with Gasteiger partial charge < -0.3 is 15.6 Å². The lowest BCUT2D eigenvalue weighted by Crippen LogP contribution is -2.13. The Bertz CT molecular complexity index is 1430. The summed E-state index contributed by atoms with van der Waals surface area (Å²) in [4.78, 5) is 32.3. The van der Waals surface area contributed by atoms with Crippen molar-refractivity contribution in [1.29, 1.82) is 0 Å². The van der Waals surface area contributed by atoms with Crippen molar-refractivity contribution in [3.8, 4) is 11.4 Å². The number of aromatic amines is 3. The molecule has 12 nitrogen and oxygen atoms in total. The number of imidazole rings is 1. The topological polar surface area (TPSA) is 170 Å². The molecule has 2 aromatic carbocycles. The average molecular weight is 507 g/mol. The molecule has 0 fully saturated rings. The molecule has 5 rings (SSSR count). The van der Waals surface area contributed by atoms with Gasteiger partial charge in [0, 0.05) is 16.9 Å². The molecule has 0 spiro atoms. The van der Waals surface area contributed by atoms with E-state index in [1.54, 1.807) is 18.5 Å². The summed E-state index contributed by atoms with van der Waals surface area (Å²) in [5, 5.41) is 27.3. The van der Waals surface area contributed by atoms with Crippen molar-refractivity contribution >= 4 is 57.7 Å². The first-order chi connectivity index (χ1) is 17.1. The average Bonchev–Trinajstić information content (AvgIpc) is 3.64. The second-order valence-corrected chi connectivity index (χ2v) is 9.18. The normalized spacial score (nSPS) is 11.0. The van der Waals surface area contributed by atoms with Gasteiger partial charge in [0.1, 0.15) is 15.9 Å². The van der Waals surface area contributed by atoms with E-state index in [0.29, 0.717) is 27.3 Å². The highest BCUT2D eigenvalue weighted by Gasteiger charge is 2.10. The smallest absolute Gasteiger partial charge is 0.234 e. The van der Waals surface area contributed by atoms with Crippen molar-refractivity contribution < 1.29 is 9.59 Å². The van der Waals surface area contributed by atoms with E-state index < -0.39 is 0 Å². The number of hydrogen-bond donors (Lipinski definition) is 5. The van der Waals surface area contributed by atoms with Crippen LogP contribution in [0.5, 0.6) is 0 Å². The lowest BCUT2D eigenvalue weighted by molar-refractivity contribution is -0.114. The number of anilines is 2. The molecule has 0 unspecified atom stereocenters. The van der Waals surface area contributed by atoms with Gasteiger partial charge in [0.15, 0.2) is 0 Å². The summed E-state index contributed by atoms with van der Waals surface area (Å²) in [7, 11) is 0. The maximum Gasteiger partial charge on any atom is 0.234 e. The first-order valence-electron chi connectivity index (χ1n) is 10.3. The maximum atomic E-state index is 12.2. The van der Waals surface area contributed by atoms with Crippen LogP contribution in [0.1, 0.15) is 0 Å². The third kappa shape index (κ3) is 5.85. The Morgan fingerprint density at radius 1 is 0.800 bits per heavy atom. The number of nitrogens with one attached hydrogen (secondary N) is 5. The Kier molecular flexibility index (Phi) is 6.72. The Morgan fingerprint density at radius 2 is 1.40 bits per heavy atom. The van der Waals surface area contributed by atoms with E-state index >= 15 is 0 Å². The predicted octanol–water partition coefficient (Wildman–Crippen LogP) is 2.93. The van der Waals surface area contributed by atoms with Crippen LogP contribution in [0.4, 0.5) is 11.4 Å². The lowest BCUT2D eigenvalue weighted by Gasteiger charge is -2.05. The van der Waals surface area contributed by atoms with Crippen molar-refractivity contribution in [3.63, 3.8) is 0 Å². The molecule has 0 aliphatic heterocycles. The van der Waals surface area contributed by atoms with Gasteiger partial charge in [0.2, 0.25) is 11.8 Å². The standard InChI is InChI=1S/C21H18N10O2S2/c32-17(10-34-19-8-22-30-28-19)24-13-3-1-12(2-4-13)21-26-15-6-5-14(7-16(15)27-21)25-18(33)11-35-20-9-23-31-29-20/h1-9H,10-11H2,(H,24,32)(H,25,33)(H,26,27)(H,22,28,30)(H,23,29,31). The highest BCUT2D eigenvalue weighted by Crippen LogP contribution is 2.25. The first kappa shape index (κ1) is 22.6. The van der Waals surface area contributed by atoms with Gasteiger partial charge in [-0.05, 0) is 42.5 Å². The molecule has 5 N–H and O–H groups in total. The number of benzene rings is 2. The number of rotatable bonds is 9. The number of H-pyrrole nitrogens is 3. The van der Waals surface area contributed by atoms with Gasteiger partial charge in [-0.3, -0.25) is 9.59 Å². The van der Waals surface area contributed by atoms with Crippen LogP contribution < -0.4 is 10.6 Å². The molecule has 0 atom stereocenters. The van der Waals surface area contributed by atoms with Crippen LogP contribution in [-0.4, -0.2) is 64.1 Å². The number of thioether (sulfide) groups is 2. The van der Waals surface area contributed by atoms with E-state index in [0.717, 1.165) is 16.6 Å². The molecule has 0 saturated carbocycles. The van der Waals surface area contributed by atoms with E-state index in [9.17, 15) is 9.59 Å². The zero-order valence-corrected chi connectivity index (χ0v) is 19.6. The third-order valence-electron chi connectivity index (χ3n) is 4.70. The van der Waals surface area contributed by atoms with Gasteiger partial charge in [0.25, 0.3) is 0 Å². The minimum absolute atomic E-state index is 0.136. The minimum Gasteiger partial charge on any atom is -0.338 e. The molecule has 14 heteroatoms. The van der Waals surface area contributed by atoms with Gasteiger partial charge in [-0.15, -0.1) is 10.2 Å². The lowest BCUT2D eigenvalue weighted by atomic mass is 10.2. The van der Waals surface area contributed by atoms with Crippen LogP contribution in [0, 0.1) is 0 Å². The molecule has 3 heterocycles. The minimum atomic E-state index is -0.144. The summed E-state index contributed by atoms with van der Waals surface area (Å²) in [5.74, 6) is 0.859. The second-order valence-electron chi connectivity index (χ2n) is 7.18. The van der Waals surface area contributed by atoms with Crippen molar-refractivity contribution in [2.75, 3.05) is 22.1 Å². The van der Waals surface area contributed by atoms with Gasteiger partial charge in [0.05, 0.1) is 34.9 Å². The number of fused-ring (bicyclic) bond motifs is 1. The van der Waals surface area contributed by atoms with E-state index in [1.165, 1.54) is 23.5 Å². The Balaban J connectivity index is 1.19.